The molecule has 3 N–H and O–H groups in total. The second kappa shape index (κ2) is 7.01. The first-order valence-electron chi connectivity index (χ1n) is 8.21. The van der Waals surface area contributed by atoms with Gasteiger partial charge in [0.25, 0.3) is 5.91 Å². The van der Waals surface area contributed by atoms with Gasteiger partial charge < -0.3 is 10.3 Å². The Kier molecular flexibility index (Phi) is 4.41. The molecule has 0 bridgehead atoms. The first-order chi connectivity index (χ1) is 12.7. The minimum atomic E-state index is -0.122. The van der Waals surface area contributed by atoms with E-state index in [4.69, 9.17) is 11.6 Å². The van der Waals surface area contributed by atoms with Crippen molar-refractivity contribution in [2.75, 3.05) is 6.54 Å². The third-order valence-electron chi connectivity index (χ3n) is 4.16. The Hall–Kier alpha value is -3.12. The molecule has 3 aromatic heterocycles. The number of aromatic nitrogens is 4. The summed E-state index contributed by atoms with van der Waals surface area (Å²) in [7, 11) is 0. The molecule has 0 fully saturated rings. The van der Waals surface area contributed by atoms with E-state index >= 15 is 0 Å². The van der Waals surface area contributed by atoms with E-state index in [1.807, 2.05) is 36.4 Å². The van der Waals surface area contributed by atoms with Crippen molar-refractivity contribution in [1.29, 1.82) is 0 Å². The van der Waals surface area contributed by atoms with Gasteiger partial charge >= 0.3 is 0 Å². The van der Waals surface area contributed by atoms with Crippen LogP contribution in [0, 0.1) is 0 Å². The molecule has 0 aliphatic rings. The highest BCUT2D eigenvalue weighted by molar-refractivity contribution is 6.30. The van der Waals surface area contributed by atoms with Gasteiger partial charge in [-0.3, -0.25) is 9.89 Å². The van der Waals surface area contributed by atoms with Crippen LogP contribution in [0.2, 0.25) is 5.02 Å². The fourth-order valence-electron chi connectivity index (χ4n) is 2.80. The van der Waals surface area contributed by atoms with Gasteiger partial charge in [0.2, 0.25) is 0 Å². The standard InChI is InChI=1S/C19H16ClN5O/c20-14-5-3-12(4-6-14)7-9-22-19(26)13-10-16(23-11-13)17-15-2-1-8-21-18(15)25-24-17/h1-6,8,10-11,23H,7,9H2,(H,22,26)(H,21,24,25). The van der Waals surface area contributed by atoms with Crippen molar-refractivity contribution < 1.29 is 4.79 Å². The molecule has 0 radical (unpaired) electrons. The molecule has 0 atom stereocenters. The van der Waals surface area contributed by atoms with Gasteiger partial charge in [0.1, 0.15) is 0 Å². The third-order valence-corrected chi connectivity index (χ3v) is 4.41. The predicted molar refractivity (Wildman–Crippen MR) is 101 cm³/mol. The van der Waals surface area contributed by atoms with Crippen molar-refractivity contribution >= 4 is 28.5 Å². The number of nitrogens with zero attached hydrogens (tertiary/aromatic N) is 2. The van der Waals surface area contributed by atoms with Gasteiger partial charge in [0, 0.05) is 29.3 Å². The molecule has 0 aliphatic carbocycles. The van der Waals surface area contributed by atoms with Crippen LogP contribution in [0.15, 0.2) is 54.9 Å². The zero-order chi connectivity index (χ0) is 17.9. The van der Waals surface area contributed by atoms with Crippen LogP contribution in [0.1, 0.15) is 15.9 Å². The maximum Gasteiger partial charge on any atom is 0.252 e. The summed E-state index contributed by atoms with van der Waals surface area (Å²) in [6.45, 7) is 0.553. The summed E-state index contributed by atoms with van der Waals surface area (Å²) in [5, 5.41) is 11.7. The average Bonchev–Trinajstić information content (AvgIpc) is 3.30. The van der Waals surface area contributed by atoms with Crippen molar-refractivity contribution in [3.8, 4) is 11.4 Å². The van der Waals surface area contributed by atoms with E-state index in [0.29, 0.717) is 22.8 Å². The van der Waals surface area contributed by atoms with Crippen LogP contribution in [0.3, 0.4) is 0 Å². The Bertz CT molecular complexity index is 1050. The van der Waals surface area contributed by atoms with Gasteiger partial charge in [-0.15, -0.1) is 0 Å². The Morgan fingerprint density at radius 2 is 2.04 bits per heavy atom. The highest BCUT2D eigenvalue weighted by Gasteiger charge is 2.13. The summed E-state index contributed by atoms with van der Waals surface area (Å²) in [4.78, 5) is 19.7. The zero-order valence-corrected chi connectivity index (χ0v) is 14.5. The number of hydrogen-bond donors (Lipinski definition) is 3. The van der Waals surface area contributed by atoms with E-state index in [9.17, 15) is 4.79 Å². The van der Waals surface area contributed by atoms with Gasteiger partial charge in [0.05, 0.1) is 17.0 Å². The maximum atomic E-state index is 12.3. The monoisotopic (exact) mass is 365 g/mol. The van der Waals surface area contributed by atoms with Crippen LogP contribution in [0.4, 0.5) is 0 Å². The Labute approximate surface area is 154 Å². The molecule has 4 aromatic rings. The molecule has 6 nitrogen and oxygen atoms in total. The molecule has 1 amide bonds. The average molecular weight is 366 g/mol. The van der Waals surface area contributed by atoms with Gasteiger partial charge in [0.15, 0.2) is 5.65 Å². The van der Waals surface area contributed by atoms with Gasteiger partial charge in [-0.25, -0.2) is 4.98 Å². The van der Waals surface area contributed by atoms with Gasteiger partial charge in [-0.1, -0.05) is 23.7 Å². The number of amides is 1. The van der Waals surface area contributed by atoms with Crippen molar-refractivity contribution in [2.45, 2.75) is 6.42 Å². The number of benzene rings is 1. The maximum absolute atomic E-state index is 12.3. The predicted octanol–water partition coefficient (Wildman–Crippen LogP) is 3.58. The van der Waals surface area contributed by atoms with Crippen LogP contribution in [0.5, 0.6) is 0 Å². The lowest BCUT2D eigenvalue weighted by molar-refractivity contribution is 0.0954. The molecule has 0 saturated carbocycles. The van der Waals surface area contributed by atoms with Crippen molar-refractivity contribution in [1.82, 2.24) is 25.5 Å². The fraction of sp³-hybridized carbons (Fsp3) is 0.105. The largest absolute Gasteiger partial charge is 0.359 e. The zero-order valence-electron chi connectivity index (χ0n) is 13.8. The lowest BCUT2D eigenvalue weighted by atomic mass is 10.1. The molecule has 0 unspecified atom stereocenters. The number of fused-ring (bicyclic) bond motifs is 1. The topological polar surface area (TPSA) is 86.5 Å². The number of rotatable bonds is 5. The molecule has 7 heteroatoms. The number of carbonyl (C=O) groups is 1. The Balaban J connectivity index is 1.42. The van der Waals surface area contributed by atoms with E-state index in [0.717, 1.165) is 28.8 Å². The van der Waals surface area contributed by atoms with Gasteiger partial charge in [-0.05, 0) is 42.3 Å². The van der Waals surface area contributed by atoms with E-state index in [2.05, 4.69) is 25.5 Å². The van der Waals surface area contributed by atoms with E-state index in [-0.39, 0.29) is 5.91 Å². The lowest BCUT2D eigenvalue weighted by Gasteiger charge is -2.04. The van der Waals surface area contributed by atoms with Crippen LogP contribution < -0.4 is 5.32 Å². The molecule has 1 aromatic carbocycles. The molecule has 3 heterocycles. The van der Waals surface area contributed by atoms with E-state index < -0.39 is 0 Å². The van der Waals surface area contributed by atoms with Crippen molar-refractivity contribution in [2.24, 2.45) is 0 Å². The van der Waals surface area contributed by atoms with Crippen molar-refractivity contribution in [3.05, 3.63) is 71.0 Å². The summed E-state index contributed by atoms with van der Waals surface area (Å²) < 4.78 is 0. The molecule has 26 heavy (non-hydrogen) atoms. The first kappa shape index (κ1) is 16.4. The number of H-pyrrole nitrogens is 2. The number of halogens is 1. The summed E-state index contributed by atoms with van der Waals surface area (Å²) in [5.74, 6) is -0.122. The van der Waals surface area contributed by atoms with Crippen LogP contribution in [-0.2, 0) is 6.42 Å². The lowest BCUT2D eigenvalue weighted by Crippen LogP contribution is -2.25. The second-order valence-corrected chi connectivity index (χ2v) is 6.34. The minimum Gasteiger partial charge on any atom is -0.359 e. The second-order valence-electron chi connectivity index (χ2n) is 5.91. The number of pyridine rings is 1. The summed E-state index contributed by atoms with van der Waals surface area (Å²) in [6.07, 6.45) is 4.13. The number of carbonyl (C=O) groups excluding carboxylic acids is 1. The Morgan fingerprint density at radius 3 is 2.88 bits per heavy atom. The number of hydrogen-bond acceptors (Lipinski definition) is 3. The molecular weight excluding hydrogens is 350 g/mol. The molecule has 0 aliphatic heterocycles. The van der Waals surface area contributed by atoms with E-state index in [1.165, 1.54) is 0 Å². The number of aromatic amines is 2. The molecule has 0 saturated heterocycles. The summed E-state index contributed by atoms with van der Waals surface area (Å²) in [6, 6.07) is 13.2. The first-order valence-corrected chi connectivity index (χ1v) is 8.59. The molecule has 4 rings (SSSR count). The minimum absolute atomic E-state index is 0.122. The summed E-state index contributed by atoms with van der Waals surface area (Å²) in [5.41, 5.74) is 3.95. The molecule has 0 spiro atoms. The van der Waals surface area contributed by atoms with Crippen molar-refractivity contribution in [3.63, 3.8) is 0 Å². The molecular formula is C19H16ClN5O. The highest BCUT2D eigenvalue weighted by Crippen LogP contribution is 2.24. The number of nitrogens with one attached hydrogen (secondary N) is 3. The van der Waals surface area contributed by atoms with E-state index in [1.54, 1.807) is 18.5 Å². The normalized spacial score (nSPS) is 11.0. The quantitative estimate of drug-likeness (QED) is 0.505. The smallest absolute Gasteiger partial charge is 0.252 e. The van der Waals surface area contributed by atoms with Crippen LogP contribution in [0.25, 0.3) is 22.4 Å². The Morgan fingerprint density at radius 1 is 1.19 bits per heavy atom. The third kappa shape index (κ3) is 3.32. The molecule has 130 valence electrons. The van der Waals surface area contributed by atoms with Crippen LogP contribution >= 0.6 is 11.6 Å². The highest BCUT2D eigenvalue weighted by atomic mass is 35.5. The summed E-state index contributed by atoms with van der Waals surface area (Å²) >= 11 is 5.87. The van der Waals surface area contributed by atoms with Crippen LogP contribution in [-0.4, -0.2) is 32.6 Å². The SMILES string of the molecule is O=C(NCCc1ccc(Cl)cc1)c1c[nH]c(-c2[nH]nc3ncccc23)c1. The van der Waals surface area contributed by atoms with Gasteiger partial charge in [-0.2, -0.15) is 5.10 Å². The fourth-order valence-corrected chi connectivity index (χ4v) is 2.92.